The van der Waals surface area contributed by atoms with E-state index in [4.69, 9.17) is 14.2 Å². The number of carbonyl (C=O) groups excluding carboxylic acids is 2. The lowest BCUT2D eigenvalue weighted by Crippen LogP contribution is -2.14. The molecule has 0 bridgehead atoms. The van der Waals surface area contributed by atoms with Crippen molar-refractivity contribution in [1.82, 2.24) is 4.98 Å². The average molecular weight is 289 g/mol. The minimum atomic E-state index is -0.575. The average Bonchev–Trinajstić information content (AvgIpc) is 3.06. The highest BCUT2D eigenvalue weighted by atomic mass is 16.5. The highest BCUT2D eigenvalue weighted by molar-refractivity contribution is 5.99. The number of ketones is 1. The van der Waals surface area contributed by atoms with Gasteiger partial charge in [-0.3, -0.25) is 4.79 Å². The number of Topliss-reactive ketones (excluding diaryl/α,β-unsaturated/α-hetero) is 1. The summed E-state index contributed by atoms with van der Waals surface area (Å²) in [6, 6.07) is 8.00. The molecule has 0 radical (unpaired) electrons. The lowest BCUT2D eigenvalue weighted by molar-refractivity contribution is 0.0469. The Balaban J connectivity index is 2.02. The van der Waals surface area contributed by atoms with Crippen molar-refractivity contribution in [2.24, 2.45) is 0 Å². The van der Waals surface area contributed by atoms with Crippen LogP contribution in [0, 0.1) is 0 Å². The summed E-state index contributed by atoms with van der Waals surface area (Å²) in [6.45, 7) is -0.340. The third-order valence-electron chi connectivity index (χ3n) is 2.86. The maximum absolute atomic E-state index is 12.0. The van der Waals surface area contributed by atoms with Crippen LogP contribution in [0.5, 0.6) is 11.5 Å². The fraction of sp³-hybridized carbons (Fsp3) is 0.200. The number of rotatable bonds is 6. The highest BCUT2D eigenvalue weighted by Crippen LogP contribution is 2.27. The summed E-state index contributed by atoms with van der Waals surface area (Å²) >= 11 is 0. The van der Waals surface area contributed by atoms with E-state index < -0.39 is 5.97 Å². The third-order valence-corrected chi connectivity index (χ3v) is 2.86. The van der Waals surface area contributed by atoms with E-state index in [0.717, 1.165) is 0 Å². The summed E-state index contributed by atoms with van der Waals surface area (Å²) in [7, 11) is 2.99. The Bertz CT molecular complexity index is 634. The monoisotopic (exact) mass is 289 g/mol. The zero-order valence-corrected chi connectivity index (χ0v) is 11.7. The van der Waals surface area contributed by atoms with Crippen LogP contribution in [0.4, 0.5) is 0 Å². The molecule has 21 heavy (non-hydrogen) atoms. The van der Waals surface area contributed by atoms with Crippen molar-refractivity contribution in [2.45, 2.75) is 0 Å². The van der Waals surface area contributed by atoms with E-state index in [2.05, 4.69) is 4.98 Å². The van der Waals surface area contributed by atoms with E-state index in [0.29, 0.717) is 22.8 Å². The number of nitrogens with one attached hydrogen (secondary N) is 1. The molecule has 0 unspecified atom stereocenters. The zero-order chi connectivity index (χ0) is 15.2. The Hall–Kier alpha value is -2.76. The third kappa shape index (κ3) is 3.42. The number of esters is 1. The molecule has 0 atom stereocenters. The standard InChI is InChI=1S/C15H15NO5/c1-19-13-6-5-10(8-14(13)20-2)12(17)9-21-15(18)11-4-3-7-16-11/h3-8,16H,9H2,1-2H3. The first-order valence-corrected chi connectivity index (χ1v) is 6.21. The van der Waals surface area contributed by atoms with Gasteiger partial charge in [0.2, 0.25) is 0 Å². The molecule has 6 nitrogen and oxygen atoms in total. The Kier molecular flexibility index (Phi) is 4.61. The molecule has 1 N–H and O–H groups in total. The molecule has 0 aliphatic rings. The molecule has 2 rings (SSSR count). The van der Waals surface area contributed by atoms with Crippen LogP contribution >= 0.6 is 0 Å². The van der Waals surface area contributed by atoms with Crippen molar-refractivity contribution in [3.63, 3.8) is 0 Å². The number of methoxy groups -OCH3 is 2. The van der Waals surface area contributed by atoms with Gasteiger partial charge in [-0.25, -0.2) is 4.79 Å². The van der Waals surface area contributed by atoms with Crippen LogP contribution in [0.1, 0.15) is 20.8 Å². The van der Waals surface area contributed by atoms with Gasteiger partial charge in [0.25, 0.3) is 0 Å². The molecule has 0 spiro atoms. The van der Waals surface area contributed by atoms with Gasteiger partial charge in [0, 0.05) is 11.8 Å². The molecular weight excluding hydrogens is 274 g/mol. The van der Waals surface area contributed by atoms with Gasteiger partial charge in [0.15, 0.2) is 23.9 Å². The molecule has 0 fully saturated rings. The molecular formula is C15H15NO5. The number of ether oxygens (including phenoxy) is 3. The van der Waals surface area contributed by atoms with Gasteiger partial charge in [-0.15, -0.1) is 0 Å². The number of aromatic nitrogens is 1. The van der Waals surface area contributed by atoms with Crippen LogP contribution in [0.3, 0.4) is 0 Å². The summed E-state index contributed by atoms with van der Waals surface area (Å²) in [5.74, 6) is 0.0705. The Morgan fingerprint density at radius 2 is 1.86 bits per heavy atom. The second-order valence-corrected chi connectivity index (χ2v) is 4.15. The topological polar surface area (TPSA) is 77.6 Å². The predicted molar refractivity (Wildman–Crippen MR) is 75.0 cm³/mol. The van der Waals surface area contributed by atoms with Crippen LogP contribution in [-0.2, 0) is 4.74 Å². The van der Waals surface area contributed by atoms with Gasteiger partial charge in [-0.05, 0) is 30.3 Å². The van der Waals surface area contributed by atoms with E-state index >= 15 is 0 Å². The minimum Gasteiger partial charge on any atom is -0.493 e. The fourth-order valence-corrected chi connectivity index (χ4v) is 1.76. The quantitative estimate of drug-likeness (QED) is 0.650. The SMILES string of the molecule is COc1ccc(C(=O)COC(=O)c2ccc[nH]2)cc1OC. The second kappa shape index (κ2) is 6.60. The van der Waals surface area contributed by atoms with E-state index in [1.165, 1.54) is 14.2 Å². The molecule has 110 valence electrons. The van der Waals surface area contributed by atoms with Crippen LogP contribution in [-0.4, -0.2) is 37.6 Å². The summed E-state index contributed by atoms with van der Waals surface area (Å²) in [6.07, 6.45) is 1.60. The highest BCUT2D eigenvalue weighted by Gasteiger charge is 2.14. The number of H-pyrrole nitrogens is 1. The maximum atomic E-state index is 12.0. The molecule has 1 aromatic carbocycles. The first-order chi connectivity index (χ1) is 10.2. The molecule has 2 aromatic rings. The van der Waals surface area contributed by atoms with Crippen LogP contribution in [0.25, 0.3) is 0 Å². The van der Waals surface area contributed by atoms with Gasteiger partial charge < -0.3 is 19.2 Å². The lowest BCUT2D eigenvalue weighted by atomic mass is 10.1. The number of benzene rings is 1. The van der Waals surface area contributed by atoms with Gasteiger partial charge in [-0.2, -0.15) is 0 Å². The smallest absolute Gasteiger partial charge is 0.355 e. The van der Waals surface area contributed by atoms with E-state index in [1.54, 1.807) is 36.5 Å². The molecule has 0 amide bonds. The van der Waals surface area contributed by atoms with E-state index in [-0.39, 0.29) is 12.4 Å². The number of hydrogen-bond acceptors (Lipinski definition) is 5. The van der Waals surface area contributed by atoms with Gasteiger partial charge in [0.05, 0.1) is 14.2 Å². The van der Waals surface area contributed by atoms with Crippen molar-refractivity contribution < 1.29 is 23.8 Å². The normalized spacial score (nSPS) is 10.0. The Labute approximate surface area is 121 Å². The van der Waals surface area contributed by atoms with Gasteiger partial charge in [0.1, 0.15) is 5.69 Å². The van der Waals surface area contributed by atoms with Gasteiger partial charge >= 0.3 is 5.97 Å². The number of carbonyl (C=O) groups is 2. The van der Waals surface area contributed by atoms with Gasteiger partial charge in [-0.1, -0.05) is 0 Å². The lowest BCUT2D eigenvalue weighted by Gasteiger charge is -2.09. The Morgan fingerprint density at radius 1 is 1.10 bits per heavy atom. The summed E-state index contributed by atoms with van der Waals surface area (Å²) in [5, 5.41) is 0. The van der Waals surface area contributed by atoms with Crippen LogP contribution in [0.15, 0.2) is 36.5 Å². The molecule has 1 heterocycles. The number of hydrogen-bond donors (Lipinski definition) is 1. The summed E-state index contributed by atoms with van der Waals surface area (Å²) in [4.78, 5) is 26.3. The summed E-state index contributed by atoms with van der Waals surface area (Å²) in [5.41, 5.74) is 0.682. The molecule has 0 aliphatic carbocycles. The molecule has 0 saturated heterocycles. The van der Waals surface area contributed by atoms with Crippen molar-refractivity contribution in [3.8, 4) is 11.5 Å². The Morgan fingerprint density at radius 3 is 2.48 bits per heavy atom. The first-order valence-electron chi connectivity index (χ1n) is 6.21. The minimum absolute atomic E-state index is 0.301. The first kappa shape index (κ1) is 14.6. The second-order valence-electron chi connectivity index (χ2n) is 4.15. The van der Waals surface area contributed by atoms with Crippen molar-refractivity contribution in [3.05, 3.63) is 47.8 Å². The van der Waals surface area contributed by atoms with Crippen LogP contribution < -0.4 is 9.47 Å². The molecule has 1 aromatic heterocycles. The van der Waals surface area contributed by atoms with Crippen molar-refractivity contribution >= 4 is 11.8 Å². The summed E-state index contributed by atoms with van der Waals surface area (Å²) < 4.78 is 15.2. The van der Waals surface area contributed by atoms with Crippen molar-refractivity contribution in [2.75, 3.05) is 20.8 Å². The predicted octanol–water partition coefficient (Wildman–Crippen LogP) is 2.07. The van der Waals surface area contributed by atoms with E-state index in [1.807, 2.05) is 0 Å². The zero-order valence-electron chi connectivity index (χ0n) is 11.7. The van der Waals surface area contributed by atoms with E-state index in [9.17, 15) is 9.59 Å². The maximum Gasteiger partial charge on any atom is 0.355 e. The molecule has 6 heteroatoms. The molecule has 0 aliphatic heterocycles. The molecule has 0 saturated carbocycles. The largest absolute Gasteiger partial charge is 0.493 e. The van der Waals surface area contributed by atoms with Crippen molar-refractivity contribution in [1.29, 1.82) is 0 Å². The fourth-order valence-electron chi connectivity index (χ4n) is 1.76. The van der Waals surface area contributed by atoms with Crippen LogP contribution in [0.2, 0.25) is 0 Å². The number of aromatic amines is 1.